The molecular weight excluding hydrogens is 536 g/mol. The van der Waals surface area contributed by atoms with E-state index in [1.54, 1.807) is 0 Å². The number of hydrazine groups is 2. The van der Waals surface area contributed by atoms with E-state index >= 15 is 0 Å². The third kappa shape index (κ3) is 12.1. The normalized spacial score (nSPS) is 21.3. The van der Waals surface area contributed by atoms with Crippen LogP contribution in [-0.2, 0) is 19.2 Å². The minimum absolute atomic E-state index is 0.126. The van der Waals surface area contributed by atoms with Gasteiger partial charge in [0.1, 0.15) is 12.8 Å². The van der Waals surface area contributed by atoms with Crippen LogP contribution in [0.2, 0.25) is 0 Å². The van der Waals surface area contributed by atoms with Crippen molar-refractivity contribution in [2.24, 2.45) is 11.7 Å². The molecule has 8 N–H and O–H groups in total. The van der Waals surface area contributed by atoms with Gasteiger partial charge in [0.15, 0.2) is 0 Å². The summed E-state index contributed by atoms with van der Waals surface area (Å²) in [5.74, 6) is 10.9. The molecule has 242 valence electrons. The molecule has 0 atom stereocenters. The second-order valence-corrected chi connectivity index (χ2v) is 15.0. The van der Waals surface area contributed by atoms with E-state index in [1.165, 1.54) is 10.0 Å². The standard InChI is InChI=1S/C30H58N8O4/c1-27(2)17-21(18-28(3,4)35-27)37(31)25(41)15-23(39)33-13-11-9-10-12-14-34-24(40)16-26(42)38(32)22-19-29(5,6)36-30(7,8)20-22/h21-22,35-36H,9-20,31-32H2,1-8H3,(H,33,39)(H,34,40). The molecule has 0 aromatic heterocycles. The summed E-state index contributed by atoms with van der Waals surface area (Å²) in [6.45, 7) is 17.7. The van der Waals surface area contributed by atoms with Crippen LogP contribution in [0.15, 0.2) is 0 Å². The number of amides is 4. The number of carbonyl (C=O) groups excluding carboxylic acids is 4. The molecule has 0 bridgehead atoms. The van der Waals surface area contributed by atoms with Crippen LogP contribution >= 0.6 is 0 Å². The van der Waals surface area contributed by atoms with Gasteiger partial charge in [-0.25, -0.2) is 11.7 Å². The van der Waals surface area contributed by atoms with E-state index in [0.29, 0.717) is 13.1 Å². The number of piperidine rings is 2. The van der Waals surface area contributed by atoms with Crippen molar-refractivity contribution in [2.75, 3.05) is 13.1 Å². The zero-order valence-electron chi connectivity index (χ0n) is 27.3. The SMILES string of the molecule is CC1(C)CC(N(N)C(=O)CC(=O)NCCCCCCNC(=O)CC(=O)N(N)C2CC(C)(C)NC(C)(C)C2)CC(C)(C)N1. The Morgan fingerprint density at radius 1 is 0.595 bits per heavy atom. The molecule has 0 unspecified atom stereocenters. The average molecular weight is 595 g/mol. The molecule has 0 radical (unpaired) electrons. The van der Waals surface area contributed by atoms with Crippen molar-refractivity contribution in [3.63, 3.8) is 0 Å². The first-order valence-corrected chi connectivity index (χ1v) is 15.5. The topological polar surface area (TPSA) is 175 Å². The van der Waals surface area contributed by atoms with Gasteiger partial charge in [0, 0.05) is 35.2 Å². The number of hydrogen-bond donors (Lipinski definition) is 6. The Morgan fingerprint density at radius 2 is 0.881 bits per heavy atom. The van der Waals surface area contributed by atoms with Gasteiger partial charge in [-0.3, -0.25) is 29.2 Å². The third-order valence-corrected chi connectivity index (χ3v) is 8.07. The first-order valence-electron chi connectivity index (χ1n) is 15.5. The van der Waals surface area contributed by atoms with Crippen LogP contribution in [0.1, 0.15) is 120 Å². The average Bonchev–Trinajstić information content (AvgIpc) is 2.80. The summed E-state index contributed by atoms with van der Waals surface area (Å²) in [5, 5.41) is 15.2. The van der Waals surface area contributed by atoms with Crippen LogP contribution in [-0.4, -0.2) is 81.0 Å². The maximum atomic E-state index is 12.6. The number of hydrogen-bond acceptors (Lipinski definition) is 8. The lowest BCUT2D eigenvalue weighted by molar-refractivity contribution is -0.141. The van der Waals surface area contributed by atoms with Gasteiger partial charge in [-0.1, -0.05) is 12.8 Å². The summed E-state index contributed by atoms with van der Waals surface area (Å²) in [4.78, 5) is 49.8. The third-order valence-electron chi connectivity index (χ3n) is 8.07. The van der Waals surface area contributed by atoms with Crippen LogP contribution in [0.4, 0.5) is 0 Å². The summed E-state index contributed by atoms with van der Waals surface area (Å²) in [7, 11) is 0. The minimum atomic E-state index is -0.374. The van der Waals surface area contributed by atoms with E-state index in [-0.39, 0.29) is 70.7 Å². The Morgan fingerprint density at radius 3 is 1.17 bits per heavy atom. The van der Waals surface area contributed by atoms with E-state index in [9.17, 15) is 19.2 Å². The molecule has 42 heavy (non-hydrogen) atoms. The fraction of sp³-hybridized carbons (Fsp3) is 0.867. The van der Waals surface area contributed by atoms with Crippen molar-refractivity contribution in [1.29, 1.82) is 0 Å². The molecule has 2 fully saturated rings. The van der Waals surface area contributed by atoms with Crippen molar-refractivity contribution >= 4 is 23.6 Å². The van der Waals surface area contributed by atoms with Gasteiger partial charge in [0.2, 0.25) is 23.6 Å². The highest BCUT2D eigenvalue weighted by Crippen LogP contribution is 2.32. The first kappa shape index (κ1) is 35.9. The quantitative estimate of drug-likeness (QED) is 0.0613. The summed E-state index contributed by atoms with van der Waals surface area (Å²) < 4.78 is 0. The Kier molecular flexibility index (Phi) is 12.4. The fourth-order valence-corrected chi connectivity index (χ4v) is 6.98. The molecule has 0 aromatic rings. The zero-order chi connectivity index (χ0) is 31.9. The van der Waals surface area contributed by atoms with Gasteiger partial charge in [0.25, 0.3) is 0 Å². The van der Waals surface area contributed by atoms with E-state index in [1.807, 2.05) is 0 Å². The van der Waals surface area contributed by atoms with Gasteiger partial charge < -0.3 is 21.3 Å². The lowest BCUT2D eigenvalue weighted by atomic mass is 9.79. The van der Waals surface area contributed by atoms with Gasteiger partial charge in [-0.05, 0) is 93.9 Å². The van der Waals surface area contributed by atoms with Crippen molar-refractivity contribution in [3.05, 3.63) is 0 Å². The van der Waals surface area contributed by atoms with Gasteiger partial charge in [0.05, 0.1) is 12.1 Å². The van der Waals surface area contributed by atoms with E-state index in [2.05, 4.69) is 76.7 Å². The molecule has 2 rings (SSSR count). The molecule has 2 saturated heterocycles. The van der Waals surface area contributed by atoms with E-state index < -0.39 is 0 Å². The molecule has 2 heterocycles. The number of carbonyl (C=O) groups is 4. The fourth-order valence-electron chi connectivity index (χ4n) is 6.98. The van der Waals surface area contributed by atoms with Crippen LogP contribution in [0.25, 0.3) is 0 Å². The highest BCUT2D eigenvalue weighted by molar-refractivity contribution is 5.97. The maximum Gasteiger partial charge on any atom is 0.246 e. The maximum absolute atomic E-state index is 12.6. The predicted octanol–water partition coefficient (Wildman–Crippen LogP) is 1.58. The van der Waals surface area contributed by atoms with Crippen molar-refractivity contribution in [1.82, 2.24) is 31.3 Å². The molecule has 0 aromatic carbocycles. The molecule has 2 aliphatic rings. The molecule has 4 amide bonds. The second kappa shape index (κ2) is 14.5. The summed E-state index contributed by atoms with van der Waals surface area (Å²) in [6.07, 6.45) is 5.61. The van der Waals surface area contributed by atoms with Gasteiger partial charge >= 0.3 is 0 Å². The Hall–Kier alpha value is -2.28. The van der Waals surface area contributed by atoms with E-state index in [0.717, 1.165) is 51.4 Å². The number of nitrogens with two attached hydrogens (primary N) is 2. The lowest BCUT2D eigenvalue weighted by Gasteiger charge is -2.48. The Bertz CT molecular complexity index is 857. The number of nitrogens with zero attached hydrogens (tertiary/aromatic N) is 2. The van der Waals surface area contributed by atoms with Crippen LogP contribution in [0.5, 0.6) is 0 Å². The Labute approximate surface area is 252 Å². The summed E-state index contributed by atoms with van der Waals surface area (Å²) in [5.41, 5.74) is -0.609. The lowest BCUT2D eigenvalue weighted by Crippen LogP contribution is -2.64. The predicted molar refractivity (Wildman–Crippen MR) is 164 cm³/mol. The smallest absolute Gasteiger partial charge is 0.246 e. The van der Waals surface area contributed by atoms with Crippen LogP contribution in [0, 0.1) is 0 Å². The van der Waals surface area contributed by atoms with Crippen LogP contribution in [0.3, 0.4) is 0 Å². The van der Waals surface area contributed by atoms with Crippen LogP contribution < -0.4 is 33.0 Å². The highest BCUT2D eigenvalue weighted by Gasteiger charge is 2.42. The molecule has 0 aliphatic carbocycles. The monoisotopic (exact) mass is 594 g/mol. The molecule has 12 heteroatoms. The van der Waals surface area contributed by atoms with Gasteiger partial charge in [-0.15, -0.1) is 0 Å². The summed E-state index contributed by atoms with van der Waals surface area (Å²) in [6, 6.07) is -0.252. The number of unbranched alkanes of at least 4 members (excludes halogenated alkanes) is 3. The van der Waals surface area contributed by atoms with E-state index in [4.69, 9.17) is 11.7 Å². The molecule has 0 saturated carbocycles. The van der Waals surface area contributed by atoms with Crippen molar-refractivity contribution in [2.45, 2.75) is 154 Å². The summed E-state index contributed by atoms with van der Waals surface area (Å²) >= 11 is 0. The first-order chi connectivity index (χ1) is 19.2. The van der Waals surface area contributed by atoms with Crippen molar-refractivity contribution in [3.8, 4) is 0 Å². The zero-order valence-corrected chi connectivity index (χ0v) is 27.3. The molecular formula is C30H58N8O4. The molecule has 0 spiro atoms. The number of nitrogens with one attached hydrogen (secondary N) is 4. The minimum Gasteiger partial charge on any atom is -0.356 e. The highest BCUT2D eigenvalue weighted by atomic mass is 16.2. The molecule has 2 aliphatic heterocycles. The second-order valence-electron chi connectivity index (χ2n) is 15.0. The van der Waals surface area contributed by atoms with Gasteiger partial charge in [-0.2, -0.15) is 0 Å². The molecule has 12 nitrogen and oxygen atoms in total. The number of rotatable bonds is 13. The largest absolute Gasteiger partial charge is 0.356 e. The Balaban J connectivity index is 1.57. The van der Waals surface area contributed by atoms with Crippen molar-refractivity contribution < 1.29 is 19.2 Å².